The number of aromatic nitrogens is 2. The number of anilines is 1. The van der Waals surface area contributed by atoms with Crippen LogP contribution in [0.1, 0.15) is 50.5 Å². The van der Waals surface area contributed by atoms with Gasteiger partial charge in [-0.3, -0.25) is 0 Å². The van der Waals surface area contributed by atoms with E-state index in [2.05, 4.69) is 31.9 Å². The minimum absolute atomic E-state index is 0.107. The smallest absolute Gasteiger partial charge is 0.190 e. The molecule has 2 aliphatic rings. The zero-order valence-corrected chi connectivity index (χ0v) is 16.5. The molecule has 0 N–H and O–H groups in total. The lowest BCUT2D eigenvalue weighted by Gasteiger charge is -2.35. The molecule has 0 unspecified atom stereocenters. The quantitative estimate of drug-likeness (QED) is 0.574. The van der Waals surface area contributed by atoms with Crippen molar-refractivity contribution in [3.8, 4) is 0 Å². The SMILES string of the molecule is CSc1nc(N2CCCC[C@@H]2C)c2c3c(sc2n1)COC(C)(C)C3. The van der Waals surface area contributed by atoms with Crippen molar-refractivity contribution in [1.82, 2.24) is 9.97 Å². The molecule has 6 heteroatoms. The van der Waals surface area contributed by atoms with Gasteiger partial charge in [-0.15, -0.1) is 11.3 Å². The number of rotatable bonds is 2. The van der Waals surface area contributed by atoms with Crippen molar-refractivity contribution in [2.45, 2.75) is 69.9 Å². The second-order valence-corrected chi connectivity index (χ2v) is 9.34. The minimum atomic E-state index is -0.107. The molecule has 0 saturated carbocycles. The van der Waals surface area contributed by atoms with Gasteiger partial charge in [-0.05, 0) is 51.9 Å². The Bertz CT molecular complexity index is 771. The van der Waals surface area contributed by atoms with Gasteiger partial charge in [0.05, 0.1) is 17.6 Å². The second kappa shape index (κ2) is 6.15. The monoisotopic (exact) mass is 363 g/mol. The fourth-order valence-electron chi connectivity index (χ4n) is 3.82. The Balaban J connectivity index is 1.92. The van der Waals surface area contributed by atoms with E-state index in [9.17, 15) is 0 Å². The Morgan fingerprint density at radius 2 is 2.12 bits per heavy atom. The lowest BCUT2D eigenvalue weighted by atomic mass is 9.94. The molecule has 0 aromatic carbocycles. The molecule has 0 bridgehead atoms. The average Bonchev–Trinajstić information content (AvgIpc) is 2.91. The molecule has 0 spiro atoms. The molecule has 1 saturated heterocycles. The molecule has 24 heavy (non-hydrogen) atoms. The summed E-state index contributed by atoms with van der Waals surface area (Å²) in [5.41, 5.74) is 1.32. The first-order chi connectivity index (χ1) is 11.5. The van der Waals surface area contributed by atoms with Crippen molar-refractivity contribution >= 4 is 39.1 Å². The summed E-state index contributed by atoms with van der Waals surface area (Å²) in [5.74, 6) is 1.16. The van der Waals surface area contributed by atoms with Crippen LogP contribution < -0.4 is 4.90 Å². The molecule has 1 atom stereocenters. The largest absolute Gasteiger partial charge is 0.370 e. The third-order valence-corrected chi connectivity index (χ3v) is 6.80. The number of nitrogens with zero attached hydrogens (tertiary/aromatic N) is 3. The molecule has 4 nitrogen and oxygen atoms in total. The van der Waals surface area contributed by atoms with Gasteiger partial charge in [0, 0.05) is 23.9 Å². The first kappa shape index (κ1) is 16.6. The fourth-order valence-corrected chi connectivity index (χ4v) is 5.33. The van der Waals surface area contributed by atoms with Crippen LogP contribution in [-0.4, -0.2) is 34.4 Å². The maximum absolute atomic E-state index is 6.03. The van der Waals surface area contributed by atoms with E-state index in [-0.39, 0.29) is 5.60 Å². The van der Waals surface area contributed by atoms with Crippen LogP contribution in [0.15, 0.2) is 5.16 Å². The minimum Gasteiger partial charge on any atom is -0.370 e. The summed E-state index contributed by atoms with van der Waals surface area (Å²) in [6, 6.07) is 0.551. The van der Waals surface area contributed by atoms with Gasteiger partial charge in [-0.1, -0.05) is 11.8 Å². The van der Waals surface area contributed by atoms with Crippen LogP contribution in [-0.2, 0) is 17.8 Å². The van der Waals surface area contributed by atoms with Crippen LogP contribution in [0.2, 0.25) is 0 Å². The lowest BCUT2D eigenvalue weighted by molar-refractivity contribution is -0.0379. The highest BCUT2D eigenvalue weighted by molar-refractivity contribution is 7.98. The fraction of sp³-hybridized carbons (Fsp3) is 0.667. The van der Waals surface area contributed by atoms with Crippen LogP contribution in [0.5, 0.6) is 0 Å². The molecular weight excluding hydrogens is 338 g/mol. The summed E-state index contributed by atoms with van der Waals surface area (Å²) >= 11 is 3.43. The van der Waals surface area contributed by atoms with Crippen molar-refractivity contribution in [1.29, 1.82) is 0 Å². The van der Waals surface area contributed by atoms with Gasteiger partial charge in [0.15, 0.2) is 5.16 Å². The van der Waals surface area contributed by atoms with E-state index in [0.29, 0.717) is 12.6 Å². The van der Waals surface area contributed by atoms with E-state index in [1.807, 2.05) is 0 Å². The summed E-state index contributed by atoms with van der Waals surface area (Å²) in [6.45, 7) is 8.50. The molecule has 2 aromatic rings. The molecular formula is C18H25N3OS2. The summed E-state index contributed by atoms with van der Waals surface area (Å²) in [5, 5.41) is 2.17. The number of thioether (sulfide) groups is 1. The predicted molar refractivity (Wildman–Crippen MR) is 102 cm³/mol. The van der Waals surface area contributed by atoms with Crippen molar-refractivity contribution in [2.24, 2.45) is 0 Å². The van der Waals surface area contributed by atoms with Gasteiger partial charge in [0.25, 0.3) is 0 Å². The molecule has 0 aliphatic carbocycles. The zero-order valence-electron chi connectivity index (χ0n) is 14.9. The topological polar surface area (TPSA) is 38.2 Å². The van der Waals surface area contributed by atoms with Crippen molar-refractivity contribution < 1.29 is 4.74 Å². The highest BCUT2D eigenvalue weighted by Crippen LogP contribution is 2.43. The second-order valence-electron chi connectivity index (χ2n) is 7.48. The normalized spacial score (nSPS) is 23.5. The van der Waals surface area contributed by atoms with Crippen molar-refractivity contribution in [3.63, 3.8) is 0 Å². The molecule has 0 amide bonds. The number of fused-ring (bicyclic) bond motifs is 3. The van der Waals surface area contributed by atoms with Gasteiger partial charge in [0.1, 0.15) is 10.6 Å². The van der Waals surface area contributed by atoms with Gasteiger partial charge in [-0.2, -0.15) is 0 Å². The number of thiophene rings is 1. The molecule has 4 rings (SSSR count). The molecule has 2 aliphatic heterocycles. The maximum atomic E-state index is 6.03. The lowest BCUT2D eigenvalue weighted by Crippen LogP contribution is -2.38. The van der Waals surface area contributed by atoms with Crippen LogP contribution >= 0.6 is 23.1 Å². The highest BCUT2D eigenvalue weighted by atomic mass is 32.2. The van der Waals surface area contributed by atoms with E-state index in [1.54, 1.807) is 23.1 Å². The Morgan fingerprint density at radius 3 is 2.88 bits per heavy atom. The van der Waals surface area contributed by atoms with Crippen LogP contribution in [0.4, 0.5) is 5.82 Å². The Kier molecular flexibility index (Phi) is 4.25. The van der Waals surface area contributed by atoms with E-state index < -0.39 is 0 Å². The van der Waals surface area contributed by atoms with Crippen LogP contribution in [0, 0.1) is 0 Å². The first-order valence-corrected chi connectivity index (χ1v) is 10.8. The van der Waals surface area contributed by atoms with E-state index >= 15 is 0 Å². The summed E-state index contributed by atoms with van der Waals surface area (Å²) in [7, 11) is 0. The molecule has 4 heterocycles. The van der Waals surface area contributed by atoms with Crippen molar-refractivity contribution in [3.05, 3.63) is 10.4 Å². The van der Waals surface area contributed by atoms with Crippen LogP contribution in [0.25, 0.3) is 10.2 Å². The van der Waals surface area contributed by atoms with Crippen LogP contribution in [0.3, 0.4) is 0 Å². The summed E-state index contributed by atoms with van der Waals surface area (Å²) < 4.78 is 6.03. The number of piperidine rings is 1. The third-order valence-electron chi connectivity index (χ3n) is 5.15. The molecule has 1 fully saturated rings. The number of hydrogen-bond acceptors (Lipinski definition) is 6. The highest BCUT2D eigenvalue weighted by Gasteiger charge is 2.33. The van der Waals surface area contributed by atoms with Gasteiger partial charge in [-0.25, -0.2) is 9.97 Å². The zero-order chi connectivity index (χ0) is 16.9. The molecule has 2 aromatic heterocycles. The van der Waals surface area contributed by atoms with E-state index in [1.165, 1.54) is 35.1 Å². The van der Waals surface area contributed by atoms with Gasteiger partial charge >= 0.3 is 0 Å². The Labute approximate surface area is 152 Å². The third kappa shape index (κ3) is 2.82. The average molecular weight is 364 g/mol. The molecule has 0 radical (unpaired) electrons. The summed E-state index contributed by atoms with van der Waals surface area (Å²) in [6.07, 6.45) is 6.83. The van der Waals surface area contributed by atoms with Gasteiger partial charge < -0.3 is 9.64 Å². The molecule has 130 valence electrons. The van der Waals surface area contributed by atoms with E-state index in [4.69, 9.17) is 14.7 Å². The van der Waals surface area contributed by atoms with E-state index in [0.717, 1.165) is 28.8 Å². The maximum Gasteiger partial charge on any atom is 0.190 e. The van der Waals surface area contributed by atoms with Gasteiger partial charge in [0.2, 0.25) is 0 Å². The number of ether oxygens (including phenoxy) is 1. The Morgan fingerprint density at radius 1 is 1.29 bits per heavy atom. The standard InChI is InChI=1S/C18H25N3OS2/c1-11-7-5-6-8-21(11)15-14-12-9-18(2,3)22-10-13(12)24-16(14)20-17(19-15)23-4/h11H,5-10H2,1-4H3/t11-/m0/s1. The predicted octanol–water partition coefficient (Wildman–Crippen LogP) is 4.64. The number of hydrogen-bond donors (Lipinski definition) is 0. The Hall–Kier alpha value is -0.850. The first-order valence-electron chi connectivity index (χ1n) is 8.75. The van der Waals surface area contributed by atoms with Crippen molar-refractivity contribution in [2.75, 3.05) is 17.7 Å². The summed E-state index contributed by atoms with van der Waals surface area (Å²) in [4.78, 5) is 14.8.